The highest BCUT2D eigenvalue weighted by atomic mass is 16.5. The number of aromatic nitrogens is 8. The second kappa shape index (κ2) is 13.2. The van der Waals surface area contributed by atoms with Crippen molar-refractivity contribution in [2.45, 2.75) is 6.92 Å². The van der Waals surface area contributed by atoms with Gasteiger partial charge >= 0.3 is 0 Å². The molecule has 8 aromatic rings. The molecule has 0 saturated carbocycles. The van der Waals surface area contributed by atoms with Gasteiger partial charge in [-0.2, -0.15) is 10.2 Å². The van der Waals surface area contributed by atoms with Crippen molar-refractivity contribution in [1.29, 1.82) is 0 Å². The first-order valence-corrected chi connectivity index (χ1v) is 15.5. The summed E-state index contributed by atoms with van der Waals surface area (Å²) in [5, 5.41) is 25.5. The third-order valence-electron chi connectivity index (χ3n) is 8.23. The number of nitrogens with zero attached hydrogens (tertiary/aromatic N) is 6. The molecule has 0 fully saturated rings. The van der Waals surface area contributed by atoms with Crippen LogP contribution in [0.4, 0.5) is 11.6 Å². The number of H-pyrrole nitrogens is 2. The molecule has 50 heavy (non-hydrogen) atoms. The number of nitrogens with one attached hydrogen (secondary N) is 2. The van der Waals surface area contributed by atoms with Gasteiger partial charge in [-0.1, -0.05) is 6.07 Å². The molecule has 0 atom stereocenters. The van der Waals surface area contributed by atoms with Gasteiger partial charge in [-0.05, 0) is 95.4 Å². The first-order chi connectivity index (χ1) is 24.3. The normalized spacial score (nSPS) is 10.9. The fourth-order valence-electron chi connectivity index (χ4n) is 5.74. The SMILES string of the molecule is COc1cc(OC)cc(-c2cc(-c3ccncc3)nc3n[nH]c(N)c23)c1.Cc1ccc(O)cc1-c1cc(-c2ccncc2)nc2n[nH]c(N)c12. The van der Waals surface area contributed by atoms with Gasteiger partial charge in [0.25, 0.3) is 0 Å². The summed E-state index contributed by atoms with van der Waals surface area (Å²) in [5.41, 5.74) is 21.3. The number of pyridine rings is 4. The summed E-state index contributed by atoms with van der Waals surface area (Å²) in [6.07, 6.45) is 6.90. The van der Waals surface area contributed by atoms with Crippen LogP contribution in [0.2, 0.25) is 0 Å². The van der Waals surface area contributed by atoms with Crippen LogP contribution in [0.1, 0.15) is 5.56 Å². The minimum absolute atomic E-state index is 0.202. The predicted octanol–water partition coefficient (Wildman–Crippen LogP) is 6.57. The van der Waals surface area contributed by atoms with Crippen molar-refractivity contribution in [1.82, 2.24) is 40.3 Å². The van der Waals surface area contributed by atoms with Gasteiger partial charge in [0.15, 0.2) is 11.3 Å². The summed E-state index contributed by atoms with van der Waals surface area (Å²) >= 11 is 0. The molecule has 0 radical (unpaired) electrons. The van der Waals surface area contributed by atoms with Crippen LogP contribution in [0.15, 0.2) is 97.6 Å². The average Bonchev–Trinajstić information content (AvgIpc) is 3.74. The van der Waals surface area contributed by atoms with Crippen molar-refractivity contribution in [3.8, 4) is 62.0 Å². The van der Waals surface area contributed by atoms with Gasteiger partial charge in [0.2, 0.25) is 0 Å². The smallest absolute Gasteiger partial charge is 0.184 e. The summed E-state index contributed by atoms with van der Waals surface area (Å²) in [6.45, 7) is 1.99. The van der Waals surface area contributed by atoms with E-state index >= 15 is 0 Å². The zero-order valence-electron chi connectivity index (χ0n) is 27.3. The molecule has 0 spiro atoms. The lowest BCUT2D eigenvalue weighted by Gasteiger charge is -2.11. The number of ether oxygens (including phenoxy) is 2. The number of hydrogen-bond acceptors (Lipinski definition) is 11. The van der Waals surface area contributed by atoms with E-state index in [4.69, 9.17) is 20.9 Å². The molecule has 8 rings (SSSR count). The summed E-state index contributed by atoms with van der Waals surface area (Å²) in [5.74, 6) is 2.50. The molecule has 0 saturated heterocycles. The van der Waals surface area contributed by atoms with E-state index in [2.05, 4.69) is 40.3 Å². The Kier molecular flexibility index (Phi) is 8.36. The summed E-state index contributed by atoms with van der Waals surface area (Å²) in [6, 6.07) is 22.5. The van der Waals surface area contributed by atoms with E-state index in [1.165, 1.54) is 0 Å². The number of benzene rings is 2. The fourth-order valence-corrected chi connectivity index (χ4v) is 5.74. The molecule has 6 aromatic heterocycles. The van der Waals surface area contributed by atoms with Crippen molar-refractivity contribution in [3.63, 3.8) is 0 Å². The van der Waals surface area contributed by atoms with Crippen LogP contribution in [0.3, 0.4) is 0 Å². The van der Waals surface area contributed by atoms with E-state index in [9.17, 15) is 5.11 Å². The van der Waals surface area contributed by atoms with Gasteiger partial charge in [0.1, 0.15) is 28.9 Å². The number of nitrogens with two attached hydrogens (primary N) is 2. The molecule has 0 aliphatic heterocycles. The largest absolute Gasteiger partial charge is 0.508 e. The van der Waals surface area contributed by atoms with Gasteiger partial charge in [0.05, 0.1) is 36.4 Å². The highest BCUT2D eigenvalue weighted by Crippen LogP contribution is 2.38. The molecule has 13 nitrogen and oxygen atoms in total. The first kappa shape index (κ1) is 31.6. The molecule has 0 amide bonds. The predicted molar refractivity (Wildman–Crippen MR) is 193 cm³/mol. The van der Waals surface area contributed by atoms with Gasteiger partial charge in [-0.3, -0.25) is 20.2 Å². The number of phenols is 1. The molecular formula is C37H32N10O3. The van der Waals surface area contributed by atoms with Crippen LogP contribution in [0.5, 0.6) is 17.2 Å². The fraction of sp³-hybridized carbons (Fsp3) is 0.0811. The van der Waals surface area contributed by atoms with Gasteiger partial charge in [0, 0.05) is 42.0 Å². The quantitative estimate of drug-likeness (QED) is 0.129. The van der Waals surface area contributed by atoms with Crippen LogP contribution in [-0.4, -0.2) is 59.7 Å². The Morgan fingerprint density at radius 1 is 0.580 bits per heavy atom. The molecule has 248 valence electrons. The molecule has 13 heteroatoms. The Hall–Kier alpha value is -7.02. The molecule has 0 aliphatic carbocycles. The van der Waals surface area contributed by atoms with Crippen LogP contribution in [0, 0.1) is 6.92 Å². The number of phenolic OH excluding ortho intramolecular Hbond substituents is 1. The van der Waals surface area contributed by atoms with E-state index in [1.54, 1.807) is 51.1 Å². The summed E-state index contributed by atoms with van der Waals surface area (Å²) in [4.78, 5) is 17.3. The lowest BCUT2D eigenvalue weighted by Crippen LogP contribution is -1.93. The monoisotopic (exact) mass is 664 g/mol. The minimum Gasteiger partial charge on any atom is -0.508 e. The number of nitrogen functional groups attached to an aromatic ring is 2. The van der Waals surface area contributed by atoms with E-state index < -0.39 is 0 Å². The molecule has 0 bridgehead atoms. The number of hydrogen-bond donors (Lipinski definition) is 5. The van der Waals surface area contributed by atoms with E-state index in [-0.39, 0.29) is 5.75 Å². The lowest BCUT2D eigenvalue weighted by molar-refractivity contribution is 0.394. The average molecular weight is 665 g/mol. The second-order valence-corrected chi connectivity index (χ2v) is 11.4. The van der Waals surface area contributed by atoms with E-state index in [1.807, 2.05) is 67.6 Å². The molecular weight excluding hydrogens is 632 g/mol. The third-order valence-corrected chi connectivity index (χ3v) is 8.23. The number of aromatic hydroxyl groups is 1. The highest BCUT2D eigenvalue weighted by Gasteiger charge is 2.18. The van der Waals surface area contributed by atoms with Crippen LogP contribution < -0.4 is 20.9 Å². The molecule has 6 heterocycles. The Balaban J connectivity index is 0.000000157. The number of aryl methyl sites for hydroxylation is 1. The Labute approximate surface area is 286 Å². The van der Waals surface area contributed by atoms with Crippen molar-refractivity contribution >= 4 is 33.7 Å². The molecule has 0 unspecified atom stereocenters. The standard InChI is InChI=1S/C19H17N5O2.C18H15N5O/c1-25-13-7-12(8-14(9-13)26-2)15-10-16(11-3-5-21-6-4-11)22-19-17(15)18(20)23-24-19;1-10-2-3-12(24)8-13(10)14-9-15(11-4-6-20-7-5-11)21-18-16(14)17(19)22-23-18/h3-10H,1-2H3,(H3,20,22,23,24);2-9,24H,1H3,(H3,19,21,22,23). The number of aromatic amines is 2. The molecule has 7 N–H and O–H groups in total. The first-order valence-electron chi connectivity index (χ1n) is 15.5. The number of methoxy groups -OCH3 is 2. The molecule has 0 aliphatic rings. The number of anilines is 2. The molecule has 2 aromatic carbocycles. The maximum absolute atomic E-state index is 9.90. The van der Waals surface area contributed by atoms with Crippen LogP contribution in [-0.2, 0) is 0 Å². The maximum atomic E-state index is 9.90. The van der Waals surface area contributed by atoms with Gasteiger partial charge < -0.3 is 26.0 Å². The zero-order chi connectivity index (χ0) is 34.8. The van der Waals surface area contributed by atoms with Crippen molar-refractivity contribution < 1.29 is 14.6 Å². The van der Waals surface area contributed by atoms with Gasteiger partial charge in [-0.15, -0.1) is 0 Å². The van der Waals surface area contributed by atoms with E-state index in [0.29, 0.717) is 34.4 Å². The summed E-state index contributed by atoms with van der Waals surface area (Å²) < 4.78 is 10.8. The number of fused-ring (bicyclic) bond motifs is 2. The third kappa shape index (κ3) is 6.06. The Bertz CT molecular complexity index is 2440. The zero-order valence-corrected chi connectivity index (χ0v) is 27.3. The van der Waals surface area contributed by atoms with Crippen molar-refractivity contribution in [2.24, 2.45) is 0 Å². The lowest BCUT2D eigenvalue weighted by atomic mass is 9.96. The van der Waals surface area contributed by atoms with Crippen molar-refractivity contribution in [2.75, 3.05) is 25.7 Å². The van der Waals surface area contributed by atoms with Crippen LogP contribution >= 0.6 is 0 Å². The van der Waals surface area contributed by atoms with E-state index in [0.717, 1.165) is 61.1 Å². The Morgan fingerprint density at radius 2 is 1.08 bits per heavy atom. The minimum atomic E-state index is 0.202. The Morgan fingerprint density at radius 3 is 1.60 bits per heavy atom. The summed E-state index contributed by atoms with van der Waals surface area (Å²) in [7, 11) is 3.24. The highest BCUT2D eigenvalue weighted by molar-refractivity contribution is 6.03. The van der Waals surface area contributed by atoms with Crippen molar-refractivity contribution in [3.05, 3.63) is 103 Å². The number of rotatable bonds is 6. The van der Waals surface area contributed by atoms with Gasteiger partial charge in [-0.25, -0.2) is 9.97 Å². The second-order valence-electron chi connectivity index (χ2n) is 11.4. The van der Waals surface area contributed by atoms with Crippen LogP contribution in [0.25, 0.3) is 66.8 Å². The topological polar surface area (TPSA) is 200 Å². The maximum Gasteiger partial charge on any atom is 0.184 e.